The van der Waals surface area contributed by atoms with E-state index in [1.807, 2.05) is 17.8 Å². The van der Waals surface area contributed by atoms with Gasteiger partial charge in [-0.2, -0.15) is 11.8 Å². The third kappa shape index (κ3) is 4.20. The first-order valence-corrected chi connectivity index (χ1v) is 8.73. The highest BCUT2D eigenvalue weighted by Gasteiger charge is 2.26. The van der Waals surface area contributed by atoms with Gasteiger partial charge in [0.2, 0.25) is 0 Å². The zero-order chi connectivity index (χ0) is 14.5. The molecule has 0 aliphatic heterocycles. The molecule has 0 bridgehead atoms. The summed E-state index contributed by atoms with van der Waals surface area (Å²) in [6.45, 7) is 2.88. The Kier molecular flexibility index (Phi) is 5.86. The SMILES string of the molecule is CCSC1CCCC1NCc1cc(Br)cc([N+](=O)[O-])c1. The Morgan fingerprint density at radius 2 is 2.25 bits per heavy atom. The van der Waals surface area contributed by atoms with E-state index in [0.717, 1.165) is 15.8 Å². The number of nitrogens with one attached hydrogen (secondary N) is 1. The molecule has 0 spiro atoms. The molecule has 1 aliphatic carbocycles. The molecule has 1 fully saturated rings. The van der Waals surface area contributed by atoms with E-state index >= 15 is 0 Å². The van der Waals surface area contributed by atoms with Crippen LogP contribution in [0.2, 0.25) is 0 Å². The summed E-state index contributed by atoms with van der Waals surface area (Å²) in [4.78, 5) is 10.5. The standard InChI is InChI=1S/C14H19BrN2O2S/c1-2-20-14-5-3-4-13(14)16-9-10-6-11(15)8-12(7-10)17(18)19/h6-8,13-14,16H,2-5,9H2,1H3. The van der Waals surface area contributed by atoms with Gasteiger partial charge in [-0.1, -0.05) is 29.3 Å². The molecule has 20 heavy (non-hydrogen) atoms. The van der Waals surface area contributed by atoms with Gasteiger partial charge in [0.05, 0.1) is 4.92 Å². The topological polar surface area (TPSA) is 55.2 Å². The first-order chi connectivity index (χ1) is 9.60. The molecule has 0 radical (unpaired) electrons. The van der Waals surface area contributed by atoms with Gasteiger partial charge in [-0.3, -0.25) is 10.1 Å². The molecule has 0 amide bonds. The largest absolute Gasteiger partial charge is 0.309 e. The van der Waals surface area contributed by atoms with Gasteiger partial charge in [0, 0.05) is 34.4 Å². The number of hydrogen-bond acceptors (Lipinski definition) is 4. The minimum Gasteiger partial charge on any atom is -0.309 e. The van der Waals surface area contributed by atoms with Crippen molar-refractivity contribution >= 4 is 33.4 Å². The molecule has 4 nitrogen and oxygen atoms in total. The maximum absolute atomic E-state index is 10.9. The molecule has 0 aromatic heterocycles. The molecule has 2 rings (SSSR count). The molecule has 1 saturated carbocycles. The summed E-state index contributed by atoms with van der Waals surface area (Å²) in [6, 6.07) is 5.65. The minimum absolute atomic E-state index is 0.141. The van der Waals surface area contributed by atoms with Gasteiger partial charge in [-0.15, -0.1) is 0 Å². The maximum Gasteiger partial charge on any atom is 0.270 e. The lowest BCUT2D eigenvalue weighted by Gasteiger charge is -2.20. The van der Waals surface area contributed by atoms with E-state index in [2.05, 4.69) is 28.2 Å². The summed E-state index contributed by atoms with van der Waals surface area (Å²) in [5.74, 6) is 1.14. The Morgan fingerprint density at radius 3 is 2.95 bits per heavy atom. The Balaban J connectivity index is 1.98. The summed E-state index contributed by atoms with van der Waals surface area (Å²) in [6.07, 6.45) is 3.75. The average molecular weight is 359 g/mol. The predicted molar refractivity (Wildman–Crippen MR) is 87.2 cm³/mol. The minimum atomic E-state index is -0.348. The van der Waals surface area contributed by atoms with Gasteiger partial charge in [-0.25, -0.2) is 0 Å². The highest BCUT2D eigenvalue weighted by atomic mass is 79.9. The van der Waals surface area contributed by atoms with Crippen LogP contribution in [0.3, 0.4) is 0 Å². The fourth-order valence-electron chi connectivity index (χ4n) is 2.66. The van der Waals surface area contributed by atoms with E-state index in [4.69, 9.17) is 0 Å². The van der Waals surface area contributed by atoms with Crippen molar-refractivity contribution in [3.05, 3.63) is 38.3 Å². The number of thioether (sulfide) groups is 1. The van der Waals surface area contributed by atoms with Gasteiger partial charge < -0.3 is 5.32 Å². The lowest BCUT2D eigenvalue weighted by atomic mass is 10.1. The number of non-ortho nitro benzene ring substituents is 1. The lowest BCUT2D eigenvalue weighted by molar-refractivity contribution is -0.385. The van der Waals surface area contributed by atoms with Gasteiger partial charge in [0.25, 0.3) is 5.69 Å². The quantitative estimate of drug-likeness (QED) is 0.613. The fourth-order valence-corrected chi connectivity index (χ4v) is 4.42. The third-order valence-corrected chi connectivity index (χ3v) is 5.34. The fraction of sp³-hybridized carbons (Fsp3) is 0.571. The monoisotopic (exact) mass is 358 g/mol. The molecule has 1 aromatic rings. The van der Waals surface area contributed by atoms with Crippen LogP contribution in [0.25, 0.3) is 0 Å². The highest BCUT2D eigenvalue weighted by Crippen LogP contribution is 2.30. The molecule has 2 atom stereocenters. The van der Waals surface area contributed by atoms with E-state index in [9.17, 15) is 10.1 Å². The first-order valence-electron chi connectivity index (χ1n) is 6.89. The van der Waals surface area contributed by atoms with Gasteiger partial charge in [-0.05, 0) is 30.2 Å². The van der Waals surface area contributed by atoms with Crippen molar-refractivity contribution in [3.63, 3.8) is 0 Å². The smallest absolute Gasteiger partial charge is 0.270 e. The van der Waals surface area contributed by atoms with Crippen LogP contribution in [0.5, 0.6) is 0 Å². The molecule has 6 heteroatoms. The van der Waals surface area contributed by atoms with Gasteiger partial charge in [0.15, 0.2) is 0 Å². The normalized spacial score (nSPS) is 22.1. The summed E-state index contributed by atoms with van der Waals surface area (Å²) in [5.41, 5.74) is 1.10. The number of nitro benzene ring substituents is 1. The summed E-state index contributed by atoms with van der Waals surface area (Å²) in [5, 5.41) is 15.1. The van der Waals surface area contributed by atoms with E-state index in [0.29, 0.717) is 17.8 Å². The Morgan fingerprint density at radius 1 is 1.45 bits per heavy atom. The molecular formula is C14H19BrN2O2S. The van der Waals surface area contributed by atoms with Crippen LogP contribution in [0, 0.1) is 10.1 Å². The molecule has 1 N–H and O–H groups in total. The van der Waals surface area contributed by atoms with Crippen molar-refractivity contribution in [1.82, 2.24) is 5.32 Å². The summed E-state index contributed by atoms with van der Waals surface area (Å²) in [7, 11) is 0. The lowest BCUT2D eigenvalue weighted by Crippen LogP contribution is -2.33. The van der Waals surface area contributed by atoms with Crippen LogP contribution in [0.1, 0.15) is 31.7 Å². The van der Waals surface area contributed by atoms with Gasteiger partial charge in [0.1, 0.15) is 0 Å². The van der Waals surface area contributed by atoms with Crippen LogP contribution in [0.4, 0.5) is 5.69 Å². The zero-order valence-electron chi connectivity index (χ0n) is 11.5. The van der Waals surface area contributed by atoms with Crippen LogP contribution in [0.15, 0.2) is 22.7 Å². The molecule has 0 heterocycles. The molecule has 2 unspecified atom stereocenters. The van der Waals surface area contributed by atoms with Crippen molar-refractivity contribution in [3.8, 4) is 0 Å². The number of nitrogens with zero attached hydrogens (tertiary/aromatic N) is 1. The van der Waals surface area contributed by atoms with Crippen LogP contribution < -0.4 is 5.32 Å². The number of nitro groups is 1. The Hall–Kier alpha value is -0.590. The molecular weight excluding hydrogens is 340 g/mol. The van der Waals surface area contributed by atoms with Gasteiger partial charge >= 0.3 is 0 Å². The number of benzene rings is 1. The predicted octanol–water partition coefficient (Wildman–Crippen LogP) is 4.12. The Bertz CT molecular complexity index is 484. The maximum atomic E-state index is 10.9. The summed E-state index contributed by atoms with van der Waals surface area (Å²) < 4.78 is 0.759. The second-order valence-corrected chi connectivity index (χ2v) is 7.42. The van der Waals surface area contributed by atoms with Crippen LogP contribution >= 0.6 is 27.7 Å². The highest BCUT2D eigenvalue weighted by molar-refractivity contribution is 9.10. The van der Waals surface area contributed by atoms with E-state index in [-0.39, 0.29) is 10.6 Å². The number of halogens is 1. The van der Waals surface area contributed by atoms with Crippen molar-refractivity contribution in [2.24, 2.45) is 0 Å². The van der Waals surface area contributed by atoms with E-state index in [1.165, 1.54) is 25.3 Å². The molecule has 110 valence electrons. The van der Waals surface area contributed by atoms with Crippen LogP contribution in [-0.4, -0.2) is 22.0 Å². The van der Waals surface area contributed by atoms with Crippen molar-refractivity contribution in [2.75, 3.05) is 5.75 Å². The first kappa shape index (κ1) is 15.8. The zero-order valence-corrected chi connectivity index (χ0v) is 13.9. The second kappa shape index (κ2) is 7.43. The van der Waals surface area contributed by atoms with E-state index in [1.54, 1.807) is 6.07 Å². The van der Waals surface area contributed by atoms with Crippen LogP contribution in [-0.2, 0) is 6.54 Å². The number of hydrogen-bond donors (Lipinski definition) is 1. The Labute approximate surface area is 132 Å². The van der Waals surface area contributed by atoms with Crippen molar-refractivity contribution < 1.29 is 4.92 Å². The van der Waals surface area contributed by atoms with E-state index < -0.39 is 0 Å². The third-order valence-electron chi connectivity index (χ3n) is 3.55. The second-order valence-electron chi connectivity index (χ2n) is 4.99. The number of rotatable bonds is 6. The van der Waals surface area contributed by atoms with Crippen molar-refractivity contribution in [2.45, 2.75) is 44.0 Å². The van der Waals surface area contributed by atoms with Crippen molar-refractivity contribution in [1.29, 1.82) is 0 Å². The average Bonchev–Trinajstić information content (AvgIpc) is 2.83. The molecule has 0 saturated heterocycles. The molecule has 1 aromatic carbocycles. The summed E-state index contributed by atoms with van der Waals surface area (Å²) >= 11 is 5.35. The molecule has 1 aliphatic rings.